The lowest BCUT2D eigenvalue weighted by molar-refractivity contribution is 0.268. The summed E-state index contributed by atoms with van der Waals surface area (Å²) in [6, 6.07) is 1.32. The van der Waals surface area contributed by atoms with Crippen LogP contribution in [0.25, 0.3) is 0 Å². The maximum absolute atomic E-state index is 10.9. The van der Waals surface area contributed by atoms with Crippen LogP contribution in [0.3, 0.4) is 0 Å². The lowest BCUT2D eigenvalue weighted by Gasteiger charge is -2.20. The van der Waals surface area contributed by atoms with Crippen molar-refractivity contribution < 1.29 is 4.21 Å². The van der Waals surface area contributed by atoms with Crippen LogP contribution in [0.5, 0.6) is 0 Å². The second kappa shape index (κ2) is 6.61. The van der Waals surface area contributed by atoms with Crippen molar-refractivity contribution in [3.05, 3.63) is 0 Å². The van der Waals surface area contributed by atoms with Gasteiger partial charge in [0.25, 0.3) is 0 Å². The van der Waals surface area contributed by atoms with E-state index in [0.29, 0.717) is 12.1 Å². The van der Waals surface area contributed by atoms with Crippen molar-refractivity contribution in [3.63, 3.8) is 0 Å². The van der Waals surface area contributed by atoms with Crippen molar-refractivity contribution in [1.29, 1.82) is 0 Å². The summed E-state index contributed by atoms with van der Waals surface area (Å²) in [5, 5.41) is 3.55. The third kappa shape index (κ3) is 5.09. The summed E-state index contributed by atoms with van der Waals surface area (Å²) in [6.07, 6.45) is 4.06. The Morgan fingerprint density at radius 3 is 2.80 bits per heavy atom. The molecule has 1 fully saturated rings. The van der Waals surface area contributed by atoms with E-state index >= 15 is 0 Å². The quantitative estimate of drug-likeness (QED) is 0.688. The molecule has 0 saturated carbocycles. The Morgan fingerprint density at radius 1 is 1.53 bits per heavy atom. The lowest BCUT2D eigenvalue weighted by Crippen LogP contribution is -2.35. The molecule has 3 nitrogen and oxygen atoms in total. The first kappa shape index (κ1) is 13.1. The largest absolute Gasteiger partial charge is 0.313 e. The molecule has 0 spiro atoms. The third-order valence-corrected chi connectivity index (χ3v) is 3.86. The van der Waals surface area contributed by atoms with Gasteiger partial charge in [-0.2, -0.15) is 0 Å². The van der Waals surface area contributed by atoms with Gasteiger partial charge in [0.05, 0.1) is 0 Å². The SMILES string of the molecule is CC(C)N1CCC(NCCCS(C)=O)C1. The molecule has 0 bridgehead atoms. The minimum Gasteiger partial charge on any atom is -0.313 e. The maximum atomic E-state index is 10.9. The van der Waals surface area contributed by atoms with Gasteiger partial charge in [-0.1, -0.05) is 0 Å². The molecule has 2 atom stereocenters. The molecule has 0 aromatic rings. The zero-order valence-electron chi connectivity index (χ0n) is 10.2. The first-order chi connectivity index (χ1) is 7.09. The standard InChI is InChI=1S/C11H24N2OS/c1-10(2)13-7-5-11(9-13)12-6-4-8-15(3)14/h10-12H,4-9H2,1-3H3. The van der Waals surface area contributed by atoms with E-state index in [1.807, 2.05) is 0 Å². The molecule has 1 N–H and O–H groups in total. The van der Waals surface area contributed by atoms with Gasteiger partial charge in [-0.25, -0.2) is 0 Å². The second-order valence-corrected chi connectivity index (χ2v) is 6.21. The van der Waals surface area contributed by atoms with Crippen molar-refractivity contribution in [1.82, 2.24) is 10.2 Å². The summed E-state index contributed by atoms with van der Waals surface area (Å²) in [6.45, 7) is 7.91. The number of hydrogen-bond donors (Lipinski definition) is 1. The highest BCUT2D eigenvalue weighted by atomic mass is 32.2. The third-order valence-electron chi connectivity index (χ3n) is 2.99. The number of nitrogens with one attached hydrogen (secondary N) is 1. The topological polar surface area (TPSA) is 32.3 Å². The van der Waals surface area contributed by atoms with Crippen LogP contribution in [0.2, 0.25) is 0 Å². The van der Waals surface area contributed by atoms with E-state index in [9.17, 15) is 4.21 Å². The van der Waals surface area contributed by atoms with Gasteiger partial charge in [-0.3, -0.25) is 9.11 Å². The molecule has 2 unspecified atom stereocenters. The van der Waals surface area contributed by atoms with E-state index in [1.54, 1.807) is 6.26 Å². The van der Waals surface area contributed by atoms with E-state index in [0.717, 1.165) is 18.7 Å². The summed E-state index contributed by atoms with van der Waals surface area (Å²) >= 11 is 0. The van der Waals surface area contributed by atoms with Crippen molar-refractivity contribution in [2.45, 2.75) is 38.8 Å². The number of hydrogen-bond acceptors (Lipinski definition) is 3. The molecule has 1 aliphatic rings. The van der Waals surface area contributed by atoms with Gasteiger partial charge < -0.3 is 5.32 Å². The fraction of sp³-hybridized carbons (Fsp3) is 1.00. The van der Waals surface area contributed by atoms with Crippen LogP contribution in [0.1, 0.15) is 26.7 Å². The molecule has 15 heavy (non-hydrogen) atoms. The predicted molar refractivity (Wildman–Crippen MR) is 66.7 cm³/mol. The maximum Gasteiger partial charge on any atom is 0.0244 e. The highest BCUT2D eigenvalue weighted by Crippen LogP contribution is 2.11. The summed E-state index contributed by atoms with van der Waals surface area (Å²) in [5.74, 6) is 0.827. The Labute approximate surface area is 96.1 Å². The van der Waals surface area contributed by atoms with Gasteiger partial charge in [0, 0.05) is 41.4 Å². The smallest absolute Gasteiger partial charge is 0.0244 e. The van der Waals surface area contributed by atoms with Gasteiger partial charge in [0.1, 0.15) is 0 Å². The highest BCUT2D eigenvalue weighted by Gasteiger charge is 2.23. The molecule has 0 amide bonds. The van der Waals surface area contributed by atoms with Crippen LogP contribution in [-0.2, 0) is 10.8 Å². The normalized spacial score (nSPS) is 24.9. The van der Waals surface area contributed by atoms with Crippen LogP contribution in [0.4, 0.5) is 0 Å². The summed E-state index contributed by atoms with van der Waals surface area (Å²) in [5.41, 5.74) is 0. The van der Waals surface area contributed by atoms with Gasteiger partial charge >= 0.3 is 0 Å². The predicted octanol–water partition coefficient (Wildman–Crippen LogP) is 0.827. The summed E-state index contributed by atoms with van der Waals surface area (Å²) in [7, 11) is -0.633. The molecule has 1 saturated heterocycles. The van der Waals surface area contributed by atoms with E-state index in [1.165, 1.54) is 19.5 Å². The first-order valence-electron chi connectivity index (χ1n) is 5.87. The average molecular weight is 232 g/mol. The van der Waals surface area contributed by atoms with Gasteiger partial charge in [-0.05, 0) is 39.8 Å². The highest BCUT2D eigenvalue weighted by molar-refractivity contribution is 7.84. The van der Waals surface area contributed by atoms with Crippen LogP contribution >= 0.6 is 0 Å². The molecular formula is C11H24N2OS. The summed E-state index contributed by atoms with van der Waals surface area (Å²) in [4.78, 5) is 2.51. The van der Waals surface area contributed by atoms with E-state index < -0.39 is 10.8 Å². The molecule has 4 heteroatoms. The summed E-state index contributed by atoms with van der Waals surface area (Å²) < 4.78 is 10.9. The first-order valence-corrected chi connectivity index (χ1v) is 7.59. The number of nitrogens with zero attached hydrogens (tertiary/aromatic N) is 1. The zero-order chi connectivity index (χ0) is 11.3. The van der Waals surface area contributed by atoms with E-state index in [-0.39, 0.29) is 0 Å². The molecule has 1 heterocycles. The van der Waals surface area contributed by atoms with Crippen LogP contribution in [0, 0.1) is 0 Å². The molecule has 90 valence electrons. The molecule has 0 radical (unpaired) electrons. The Morgan fingerprint density at radius 2 is 2.27 bits per heavy atom. The molecule has 0 aromatic heterocycles. The Balaban J connectivity index is 2.06. The lowest BCUT2D eigenvalue weighted by atomic mass is 10.2. The van der Waals surface area contributed by atoms with Gasteiger partial charge in [-0.15, -0.1) is 0 Å². The Kier molecular flexibility index (Phi) is 5.79. The number of rotatable bonds is 6. The van der Waals surface area contributed by atoms with Crippen LogP contribution < -0.4 is 5.32 Å². The van der Waals surface area contributed by atoms with Crippen molar-refractivity contribution in [2.75, 3.05) is 31.6 Å². The van der Waals surface area contributed by atoms with Gasteiger partial charge in [0.2, 0.25) is 0 Å². The fourth-order valence-corrected chi connectivity index (χ4v) is 2.56. The zero-order valence-corrected chi connectivity index (χ0v) is 11.0. The minimum atomic E-state index is -0.633. The van der Waals surface area contributed by atoms with Crippen LogP contribution in [0.15, 0.2) is 0 Å². The Bertz CT molecular complexity index is 209. The minimum absolute atomic E-state index is 0.633. The van der Waals surface area contributed by atoms with E-state index in [2.05, 4.69) is 24.1 Å². The van der Waals surface area contributed by atoms with Crippen molar-refractivity contribution in [2.24, 2.45) is 0 Å². The molecular weight excluding hydrogens is 208 g/mol. The molecule has 1 aliphatic heterocycles. The van der Waals surface area contributed by atoms with Crippen LogP contribution in [-0.4, -0.2) is 52.8 Å². The number of likely N-dealkylation sites (tertiary alicyclic amines) is 1. The molecule has 1 rings (SSSR count). The fourth-order valence-electron chi connectivity index (χ4n) is 2.00. The average Bonchev–Trinajstić information content (AvgIpc) is 2.60. The van der Waals surface area contributed by atoms with Crippen molar-refractivity contribution in [3.8, 4) is 0 Å². The Hall–Kier alpha value is 0.0700. The molecule has 0 aromatic carbocycles. The van der Waals surface area contributed by atoms with Crippen molar-refractivity contribution >= 4 is 10.8 Å². The van der Waals surface area contributed by atoms with E-state index in [4.69, 9.17) is 0 Å². The molecule has 0 aliphatic carbocycles. The monoisotopic (exact) mass is 232 g/mol. The van der Waals surface area contributed by atoms with Gasteiger partial charge in [0.15, 0.2) is 0 Å². The second-order valence-electron chi connectivity index (χ2n) is 4.66.